The van der Waals surface area contributed by atoms with E-state index >= 15 is 0 Å². The molecule has 1 N–H and O–H groups in total. The number of hydrogen-bond acceptors (Lipinski definition) is 5. The van der Waals surface area contributed by atoms with Gasteiger partial charge >= 0.3 is 5.76 Å². The van der Waals surface area contributed by atoms with Crippen LogP contribution in [0.3, 0.4) is 0 Å². The summed E-state index contributed by atoms with van der Waals surface area (Å²) in [7, 11) is 0. The van der Waals surface area contributed by atoms with E-state index in [1.54, 1.807) is 6.20 Å². The fourth-order valence-electron chi connectivity index (χ4n) is 6.54. The molecule has 0 atom stereocenters. The fraction of sp³-hybridized carbons (Fsp3) is 0.478. The molecule has 1 aromatic carbocycles. The van der Waals surface area contributed by atoms with Crippen molar-refractivity contribution in [3.63, 3.8) is 0 Å². The molecule has 0 spiro atoms. The van der Waals surface area contributed by atoms with Crippen LogP contribution >= 0.6 is 0 Å². The summed E-state index contributed by atoms with van der Waals surface area (Å²) in [5.41, 5.74) is 1.41. The highest BCUT2D eigenvalue weighted by atomic mass is 16.4. The molecule has 0 unspecified atom stereocenters. The van der Waals surface area contributed by atoms with E-state index in [-0.39, 0.29) is 23.9 Å². The van der Waals surface area contributed by atoms with Crippen LogP contribution < -0.4 is 11.1 Å². The summed E-state index contributed by atoms with van der Waals surface area (Å²) in [5, 5.41) is 8.46. The van der Waals surface area contributed by atoms with Crippen molar-refractivity contribution in [1.82, 2.24) is 20.1 Å². The highest BCUT2D eigenvalue weighted by Gasteiger charge is 2.51. The molecule has 0 saturated heterocycles. The van der Waals surface area contributed by atoms with Crippen LogP contribution in [-0.2, 0) is 11.3 Å². The highest BCUT2D eigenvalue weighted by molar-refractivity contribution is 5.92. The van der Waals surface area contributed by atoms with Crippen molar-refractivity contribution in [2.75, 3.05) is 0 Å². The molecule has 2 heterocycles. The van der Waals surface area contributed by atoms with Gasteiger partial charge in [0.25, 0.3) is 0 Å². The minimum atomic E-state index is -0.619. The average Bonchev–Trinajstić information content (AvgIpc) is 3.06. The quantitative estimate of drug-likeness (QED) is 0.722. The lowest BCUT2D eigenvalue weighted by Gasteiger charge is -2.56. The van der Waals surface area contributed by atoms with Gasteiger partial charge in [-0.3, -0.25) is 9.78 Å². The van der Waals surface area contributed by atoms with Crippen LogP contribution in [0.2, 0.25) is 0 Å². The second kappa shape index (κ2) is 6.52. The number of aromatic nitrogens is 3. The fourth-order valence-corrected chi connectivity index (χ4v) is 6.54. The van der Waals surface area contributed by atoms with E-state index in [0.717, 1.165) is 52.6 Å². The molecule has 2 aromatic heterocycles. The van der Waals surface area contributed by atoms with Gasteiger partial charge in [-0.15, -0.1) is 5.10 Å². The molecular formula is C23H24N4O3. The van der Waals surface area contributed by atoms with Crippen molar-refractivity contribution in [2.24, 2.45) is 17.8 Å². The molecule has 0 radical (unpaired) electrons. The molecule has 4 aliphatic rings. The predicted octanol–water partition coefficient (Wildman–Crippen LogP) is 3.14. The first-order valence-electron chi connectivity index (χ1n) is 10.8. The van der Waals surface area contributed by atoms with Gasteiger partial charge < -0.3 is 9.73 Å². The number of benzene rings is 1. The summed E-state index contributed by atoms with van der Waals surface area (Å²) >= 11 is 0. The zero-order valence-electron chi connectivity index (χ0n) is 16.7. The third-order valence-electron chi connectivity index (χ3n) is 7.22. The van der Waals surface area contributed by atoms with Crippen molar-refractivity contribution in [3.8, 4) is 11.5 Å². The van der Waals surface area contributed by atoms with Crippen molar-refractivity contribution < 1.29 is 9.21 Å². The molecule has 4 aliphatic carbocycles. The number of amides is 1. The van der Waals surface area contributed by atoms with Crippen molar-refractivity contribution in [2.45, 2.75) is 50.6 Å². The van der Waals surface area contributed by atoms with E-state index in [9.17, 15) is 9.59 Å². The number of hydrogen-bond donors (Lipinski definition) is 1. The van der Waals surface area contributed by atoms with Crippen molar-refractivity contribution in [3.05, 3.63) is 47.1 Å². The summed E-state index contributed by atoms with van der Waals surface area (Å²) in [5.74, 6) is 1.68. The first-order valence-corrected chi connectivity index (χ1v) is 10.8. The van der Waals surface area contributed by atoms with Gasteiger partial charge in [0.15, 0.2) is 0 Å². The van der Waals surface area contributed by atoms with E-state index < -0.39 is 5.76 Å². The summed E-state index contributed by atoms with van der Waals surface area (Å²) in [4.78, 5) is 29.6. The van der Waals surface area contributed by atoms with Crippen LogP contribution in [0.15, 0.2) is 45.7 Å². The van der Waals surface area contributed by atoms with E-state index in [4.69, 9.17) is 4.42 Å². The van der Waals surface area contributed by atoms with E-state index in [2.05, 4.69) is 15.4 Å². The molecule has 7 rings (SSSR count). The Morgan fingerprint density at radius 3 is 2.57 bits per heavy atom. The standard InChI is InChI=1S/C23H24N4O3/c28-20(25-23-10-14-7-15(11-23)9-16(8-14)12-23)13-27-22(29)30-21(26-27)18-3-1-5-19-17(18)4-2-6-24-19/h1-6,14-16H,7-13H2,(H,25,28). The zero-order valence-corrected chi connectivity index (χ0v) is 16.7. The molecule has 1 amide bonds. The Bertz CT molecular complexity index is 1150. The first-order chi connectivity index (χ1) is 14.6. The molecule has 4 fully saturated rings. The van der Waals surface area contributed by atoms with Crippen LogP contribution in [0.1, 0.15) is 38.5 Å². The minimum Gasteiger partial charge on any atom is -0.388 e. The Balaban J connectivity index is 1.23. The molecule has 3 aromatic rings. The molecule has 4 bridgehead atoms. The zero-order chi connectivity index (χ0) is 20.3. The number of carbonyl (C=O) groups excluding carboxylic acids is 1. The average molecular weight is 404 g/mol. The Kier molecular flexibility index (Phi) is 3.88. The van der Waals surface area contributed by atoms with Gasteiger partial charge in [0, 0.05) is 22.7 Å². The summed E-state index contributed by atoms with van der Waals surface area (Å²) in [6.07, 6.45) is 8.91. The lowest BCUT2D eigenvalue weighted by Crippen LogP contribution is -2.60. The van der Waals surface area contributed by atoms with Crippen LogP contribution in [-0.4, -0.2) is 26.2 Å². The third kappa shape index (κ3) is 2.95. The summed E-state index contributed by atoms with van der Waals surface area (Å²) < 4.78 is 6.52. The van der Waals surface area contributed by atoms with E-state index in [1.165, 1.54) is 19.3 Å². The van der Waals surface area contributed by atoms with Gasteiger partial charge in [-0.1, -0.05) is 12.1 Å². The number of nitrogens with zero attached hydrogens (tertiary/aromatic N) is 3. The Morgan fingerprint density at radius 2 is 1.83 bits per heavy atom. The Morgan fingerprint density at radius 1 is 1.10 bits per heavy atom. The predicted molar refractivity (Wildman–Crippen MR) is 111 cm³/mol. The maximum atomic E-state index is 12.8. The van der Waals surface area contributed by atoms with Crippen LogP contribution in [0.5, 0.6) is 0 Å². The van der Waals surface area contributed by atoms with Crippen LogP contribution in [0, 0.1) is 17.8 Å². The normalized spacial score (nSPS) is 29.4. The Hall–Kier alpha value is -2.96. The SMILES string of the molecule is O=C(Cn1nc(-c2cccc3ncccc23)oc1=O)NC12CC3CC(CC(C3)C1)C2. The van der Waals surface area contributed by atoms with Gasteiger partial charge in [-0.25, -0.2) is 4.79 Å². The highest BCUT2D eigenvalue weighted by Crippen LogP contribution is 2.55. The molecule has 4 saturated carbocycles. The van der Waals surface area contributed by atoms with Crippen molar-refractivity contribution in [1.29, 1.82) is 0 Å². The van der Waals surface area contributed by atoms with E-state index in [1.807, 2.05) is 30.3 Å². The van der Waals surface area contributed by atoms with Gasteiger partial charge in [0.1, 0.15) is 6.54 Å². The van der Waals surface area contributed by atoms with Crippen molar-refractivity contribution >= 4 is 16.8 Å². The molecule has 7 heteroatoms. The molecule has 0 aliphatic heterocycles. The number of rotatable bonds is 4. The number of carbonyl (C=O) groups is 1. The lowest BCUT2D eigenvalue weighted by molar-refractivity contribution is -0.127. The molecular weight excluding hydrogens is 380 g/mol. The van der Waals surface area contributed by atoms with Crippen LogP contribution in [0.25, 0.3) is 22.4 Å². The van der Waals surface area contributed by atoms with Gasteiger partial charge in [-0.05, 0) is 74.5 Å². The molecule has 154 valence electrons. The van der Waals surface area contributed by atoms with Gasteiger partial charge in [0.2, 0.25) is 11.8 Å². The smallest absolute Gasteiger partial charge is 0.388 e. The number of fused-ring (bicyclic) bond motifs is 1. The maximum absolute atomic E-state index is 12.8. The third-order valence-corrected chi connectivity index (χ3v) is 7.22. The van der Waals surface area contributed by atoms with E-state index in [0.29, 0.717) is 5.56 Å². The number of nitrogens with one attached hydrogen (secondary N) is 1. The minimum absolute atomic E-state index is 0.0801. The lowest BCUT2D eigenvalue weighted by atomic mass is 9.53. The largest absolute Gasteiger partial charge is 0.437 e. The summed E-state index contributed by atoms with van der Waals surface area (Å²) in [6.45, 7) is -0.118. The molecule has 7 nitrogen and oxygen atoms in total. The second-order valence-corrected chi connectivity index (χ2v) is 9.45. The van der Waals surface area contributed by atoms with Gasteiger partial charge in [-0.2, -0.15) is 4.68 Å². The number of pyridine rings is 1. The first kappa shape index (κ1) is 17.9. The molecule has 30 heavy (non-hydrogen) atoms. The summed E-state index contributed by atoms with van der Waals surface area (Å²) in [6, 6.07) is 9.34. The second-order valence-electron chi connectivity index (χ2n) is 9.45. The topological polar surface area (TPSA) is 90.0 Å². The van der Waals surface area contributed by atoms with Crippen LogP contribution in [0.4, 0.5) is 0 Å². The Labute approximate surface area is 173 Å². The van der Waals surface area contributed by atoms with Gasteiger partial charge in [0.05, 0.1) is 5.52 Å². The maximum Gasteiger partial charge on any atom is 0.437 e. The monoisotopic (exact) mass is 404 g/mol.